The highest BCUT2D eigenvalue weighted by molar-refractivity contribution is 5.97. The number of aromatic amines is 1. The minimum atomic E-state index is -0.0398. The zero-order valence-corrected chi connectivity index (χ0v) is 14.2. The van der Waals surface area contributed by atoms with E-state index in [0.717, 1.165) is 17.8 Å². The quantitative estimate of drug-likeness (QED) is 0.848. The summed E-state index contributed by atoms with van der Waals surface area (Å²) in [5.74, 6) is 0.596. The van der Waals surface area contributed by atoms with Crippen molar-refractivity contribution in [1.29, 1.82) is 0 Å². The van der Waals surface area contributed by atoms with Gasteiger partial charge in [0.1, 0.15) is 5.75 Å². The molecule has 1 aromatic heterocycles. The highest BCUT2D eigenvalue weighted by atomic mass is 16.5. The number of aromatic nitrogens is 2. The second-order valence-corrected chi connectivity index (χ2v) is 5.76. The highest BCUT2D eigenvalue weighted by Gasteiger charge is 2.21. The summed E-state index contributed by atoms with van der Waals surface area (Å²) in [5, 5.41) is 0. The molecule has 1 aromatic carbocycles. The molecule has 0 atom stereocenters. The summed E-state index contributed by atoms with van der Waals surface area (Å²) < 4.78 is 5.43. The zero-order valence-electron chi connectivity index (χ0n) is 14.2. The lowest BCUT2D eigenvalue weighted by molar-refractivity contribution is 0.0726. The smallest absolute Gasteiger partial charge is 0.258 e. The van der Waals surface area contributed by atoms with Gasteiger partial charge in [-0.2, -0.15) is 0 Å². The van der Waals surface area contributed by atoms with E-state index in [1.165, 1.54) is 0 Å². The van der Waals surface area contributed by atoms with Gasteiger partial charge in [-0.1, -0.05) is 12.1 Å². The Balaban J connectivity index is 2.26. The van der Waals surface area contributed by atoms with Crippen LogP contribution in [0.15, 0.2) is 30.7 Å². The van der Waals surface area contributed by atoms with Crippen LogP contribution in [-0.2, 0) is 6.54 Å². The molecule has 2 aromatic rings. The molecule has 0 spiro atoms. The number of hydrogen-bond acceptors (Lipinski definition) is 4. The van der Waals surface area contributed by atoms with Gasteiger partial charge in [-0.3, -0.25) is 4.79 Å². The molecule has 2 rings (SSSR count). The number of nitrogens with zero attached hydrogens (tertiary/aromatic N) is 3. The van der Waals surface area contributed by atoms with Crippen molar-refractivity contribution < 1.29 is 9.53 Å². The minimum Gasteiger partial charge on any atom is -0.496 e. The van der Waals surface area contributed by atoms with Gasteiger partial charge in [-0.05, 0) is 32.6 Å². The summed E-state index contributed by atoms with van der Waals surface area (Å²) in [6, 6.07) is 5.63. The third-order valence-electron chi connectivity index (χ3n) is 3.67. The number of likely N-dealkylation sites (N-methyl/N-ethyl adjacent to an activating group) is 1. The fraction of sp³-hybridized carbons (Fsp3) is 0.412. The second kappa shape index (κ2) is 7.78. The molecule has 6 nitrogen and oxygen atoms in total. The normalized spacial score (nSPS) is 10.8. The lowest BCUT2D eigenvalue weighted by atomic mass is 10.1. The molecule has 23 heavy (non-hydrogen) atoms. The lowest BCUT2D eigenvalue weighted by Gasteiger charge is -2.25. The van der Waals surface area contributed by atoms with Gasteiger partial charge >= 0.3 is 0 Å². The van der Waals surface area contributed by atoms with Gasteiger partial charge < -0.3 is 19.5 Å². The molecular formula is C17H24N4O2. The summed E-state index contributed by atoms with van der Waals surface area (Å²) in [6.07, 6.45) is 3.36. The van der Waals surface area contributed by atoms with Crippen LogP contribution in [0.5, 0.6) is 5.75 Å². The standard InChI is InChI=1S/C17H24N4O2/c1-13-6-5-7-15(16(13)23-4)17(22)21(9-8-20(2)3)11-14-10-18-12-19-14/h5-7,10,12H,8-9,11H2,1-4H3,(H,18,19). The maximum Gasteiger partial charge on any atom is 0.258 e. The van der Waals surface area contributed by atoms with Gasteiger partial charge in [0.25, 0.3) is 5.91 Å². The number of para-hydroxylation sites is 1. The molecule has 0 saturated carbocycles. The molecule has 0 saturated heterocycles. The molecule has 6 heteroatoms. The molecule has 0 aliphatic heterocycles. The number of carbonyl (C=O) groups excluding carboxylic acids is 1. The number of carbonyl (C=O) groups is 1. The van der Waals surface area contributed by atoms with Crippen LogP contribution in [0.2, 0.25) is 0 Å². The number of imidazole rings is 1. The van der Waals surface area contributed by atoms with Gasteiger partial charge in [-0.25, -0.2) is 4.98 Å². The van der Waals surface area contributed by atoms with Gasteiger partial charge in [0.2, 0.25) is 0 Å². The van der Waals surface area contributed by atoms with Crippen LogP contribution >= 0.6 is 0 Å². The van der Waals surface area contributed by atoms with Gasteiger partial charge in [-0.15, -0.1) is 0 Å². The number of methoxy groups -OCH3 is 1. The van der Waals surface area contributed by atoms with E-state index in [1.54, 1.807) is 19.6 Å². The molecular weight excluding hydrogens is 292 g/mol. The summed E-state index contributed by atoms with van der Waals surface area (Å²) in [6.45, 7) is 3.84. The van der Waals surface area contributed by atoms with E-state index in [0.29, 0.717) is 24.4 Å². The van der Waals surface area contributed by atoms with Crippen molar-refractivity contribution in [2.45, 2.75) is 13.5 Å². The first-order chi connectivity index (χ1) is 11.0. The molecule has 1 amide bonds. The summed E-state index contributed by atoms with van der Waals surface area (Å²) in [7, 11) is 5.58. The van der Waals surface area contributed by atoms with Crippen molar-refractivity contribution in [2.24, 2.45) is 0 Å². The number of rotatable bonds is 7. The van der Waals surface area contributed by atoms with Crippen molar-refractivity contribution >= 4 is 5.91 Å². The number of aryl methyl sites for hydroxylation is 1. The first kappa shape index (κ1) is 17.0. The van der Waals surface area contributed by atoms with Crippen molar-refractivity contribution in [3.8, 4) is 5.75 Å². The predicted octanol–water partition coefficient (Wildman–Crippen LogP) is 1.93. The van der Waals surface area contributed by atoms with Crippen LogP contribution in [0, 0.1) is 6.92 Å². The molecule has 1 heterocycles. The molecule has 0 unspecified atom stereocenters. The lowest BCUT2D eigenvalue weighted by Crippen LogP contribution is -2.36. The predicted molar refractivity (Wildman–Crippen MR) is 89.6 cm³/mol. The molecule has 0 aliphatic carbocycles. The summed E-state index contributed by atoms with van der Waals surface area (Å²) in [4.78, 5) is 23.9. The van der Waals surface area contributed by atoms with Crippen LogP contribution in [0.3, 0.4) is 0 Å². The number of hydrogen-bond donors (Lipinski definition) is 1. The third-order valence-corrected chi connectivity index (χ3v) is 3.67. The highest BCUT2D eigenvalue weighted by Crippen LogP contribution is 2.24. The van der Waals surface area contributed by atoms with Crippen molar-refractivity contribution in [3.05, 3.63) is 47.5 Å². The van der Waals surface area contributed by atoms with Gasteiger partial charge in [0.05, 0.1) is 31.2 Å². The third kappa shape index (κ3) is 4.32. The fourth-order valence-electron chi connectivity index (χ4n) is 2.41. The Bertz CT molecular complexity index is 638. The molecule has 0 aliphatic rings. The van der Waals surface area contributed by atoms with Crippen LogP contribution < -0.4 is 4.74 Å². The topological polar surface area (TPSA) is 61.5 Å². The van der Waals surface area contributed by atoms with E-state index in [9.17, 15) is 4.79 Å². The maximum atomic E-state index is 13.0. The van der Waals surface area contributed by atoms with Crippen molar-refractivity contribution in [2.75, 3.05) is 34.3 Å². The Labute approximate surface area is 137 Å². The average Bonchev–Trinajstić information content (AvgIpc) is 3.03. The van der Waals surface area contributed by atoms with E-state index < -0.39 is 0 Å². The van der Waals surface area contributed by atoms with Gasteiger partial charge in [0, 0.05) is 19.3 Å². The molecule has 1 N–H and O–H groups in total. The van der Waals surface area contributed by atoms with Gasteiger partial charge in [0.15, 0.2) is 0 Å². The monoisotopic (exact) mass is 316 g/mol. The second-order valence-electron chi connectivity index (χ2n) is 5.76. The number of nitrogens with one attached hydrogen (secondary N) is 1. The Morgan fingerprint density at radius 1 is 1.30 bits per heavy atom. The van der Waals surface area contributed by atoms with E-state index in [-0.39, 0.29) is 5.91 Å². The van der Waals surface area contributed by atoms with Crippen LogP contribution in [0.1, 0.15) is 21.6 Å². The first-order valence-electron chi connectivity index (χ1n) is 7.57. The average molecular weight is 316 g/mol. The Hall–Kier alpha value is -2.34. The molecule has 124 valence electrons. The van der Waals surface area contributed by atoms with E-state index in [4.69, 9.17) is 4.74 Å². The zero-order chi connectivity index (χ0) is 16.8. The molecule has 0 fully saturated rings. The van der Waals surface area contributed by atoms with Crippen LogP contribution in [-0.4, -0.2) is 60.0 Å². The number of amides is 1. The molecule has 0 bridgehead atoms. The number of ether oxygens (including phenoxy) is 1. The SMILES string of the molecule is COc1c(C)cccc1C(=O)N(CCN(C)C)Cc1cnc[nH]1. The van der Waals surface area contributed by atoms with Crippen molar-refractivity contribution in [1.82, 2.24) is 19.8 Å². The van der Waals surface area contributed by atoms with Crippen LogP contribution in [0.4, 0.5) is 0 Å². The Morgan fingerprint density at radius 3 is 2.70 bits per heavy atom. The van der Waals surface area contributed by atoms with Crippen molar-refractivity contribution in [3.63, 3.8) is 0 Å². The Kier molecular flexibility index (Phi) is 5.76. The van der Waals surface area contributed by atoms with Crippen LogP contribution in [0.25, 0.3) is 0 Å². The number of benzene rings is 1. The van der Waals surface area contributed by atoms with E-state index >= 15 is 0 Å². The van der Waals surface area contributed by atoms with E-state index in [2.05, 4.69) is 14.9 Å². The maximum absolute atomic E-state index is 13.0. The summed E-state index contributed by atoms with van der Waals surface area (Å²) >= 11 is 0. The fourth-order valence-corrected chi connectivity index (χ4v) is 2.41. The molecule has 0 radical (unpaired) electrons. The minimum absolute atomic E-state index is 0.0398. The first-order valence-corrected chi connectivity index (χ1v) is 7.57. The largest absolute Gasteiger partial charge is 0.496 e. The Morgan fingerprint density at radius 2 is 2.09 bits per heavy atom. The summed E-state index contributed by atoms with van der Waals surface area (Å²) in [5.41, 5.74) is 2.45. The number of H-pyrrole nitrogens is 1. The van der Waals surface area contributed by atoms with E-state index in [1.807, 2.05) is 44.1 Å².